The van der Waals surface area contributed by atoms with Gasteiger partial charge in [0.25, 0.3) is 0 Å². The molecule has 82 valence electrons. The van der Waals surface area contributed by atoms with Crippen LogP contribution in [0, 0.1) is 0 Å². The van der Waals surface area contributed by atoms with Gasteiger partial charge in [-0.1, -0.05) is 60.7 Å². The lowest BCUT2D eigenvalue weighted by Gasteiger charge is -2.13. The van der Waals surface area contributed by atoms with Crippen LogP contribution in [0.3, 0.4) is 0 Å². The molecule has 1 N–H and O–H groups in total. The maximum atomic E-state index is 9.36. The third-order valence-electron chi connectivity index (χ3n) is 2.56. The predicted molar refractivity (Wildman–Crippen MR) is 69.5 cm³/mol. The Morgan fingerprint density at radius 1 is 0.875 bits per heavy atom. The molecule has 0 amide bonds. The third-order valence-corrected chi connectivity index (χ3v) is 3.26. The van der Waals surface area contributed by atoms with Gasteiger partial charge in [0.2, 0.25) is 0 Å². The maximum Gasteiger partial charge on any atom is 0.0598 e. The van der Waals surface area contributed by atoms with E-state index in [1.54, 1.807) is 0 Å². The quantitative estimate of drug-likeness (QED) is 0.795. The van der Waals surface area contributed by atoms with Crippen molar-refractivity contribution in [3.63, 3.8) is 0 Å². The predicted octanol–water partition coefficient (Wildman–Crippen LogP) is 4.18. The van der Waals surface area contributed by atoms with Crippen LogP contribution in [0.2, 0.25) is 0 Å². The minimum absolute atomic E-state index is 0.114. The van der Waals surface area contributed by atoms with Gasteiger partial charge in [-0.15, -0.1) is 0 Å². The van der Waals surface area contributed by atoms with Crippen LogP contribution in [0.5, 0.6) is 0 Å². The zero-order valence-electron chi connectivity index (χ0n) is 8.91. The Morgan fingerprint density at radius 2 is 1.44 bits per heavy atom. The van der Waals surface area contributed by atoms with Gasteiger partial charge < -0.3 is 4.55 Å². The Labute approximate surface area is 100 Å². The topological polar surface area (TPSA) is 20.2 Å². The van der Waals surface area contributed by atoms with E-state index >= 15 is 0 Å². The monoisotopic (exact) mass is 230 g/mol. The van der Waals surface area contributed by atoms with Crippen LogP contribution in [0.4, 0.5) is 0 Å². The van der Waals surface area contributed by atoms with Crippen molar-refractivity contribution in [2.24, 2.45) is 0 Å². The first kappa shape index (κ1) is 11.2. The summed E-state index contributed by atoms with van der Waals surface area (Å²) in [7, 11) is 0. The fourth-order valence-electron chi connectivity index (χ4n) is 1.71. The van der Waals surface area contributed by atoms with Crippen molar-refractivity contribution in [2.45, 2.75) is 11.7 Å². The highest BCUT2D eigenvalue weighted by Crippen LogP contribution is 2.29. The van der Waals surface area contributed by atoms with Crippen molar-refractivity contribution < 1.29 is 4.55 Å². The molecule has 0 spiro atoms. The number of hydrogen-bond donors (Lipinski definition) is 1. The van der Waals surface area contributed by atoms with Crippen LogP contribution in [-0.4, -0.2) is 4.55 Å². The second kappa shape index (κ2) is 5.73. The van der Waals surface area contributed by atoms with E-state index in [0.29, 0.717) is 0 Å². The van der Waals surface area contributed by atoms with E-state index in [1.165, 1.54) is 11.1 Å². The van der Waals surface area contributed by atoms with E-state index < -0.39 is 0 Å². The van der Waals surface area contributed by atoms with Crippen molar-refractivity contribution in [1.29, 1.82) is 0 Å². The summed E-state index contributed by atoms with van der Waals surface area (Å²) >= 11 is 0.918. The highest BCUT2D eigenvalue weighted by atomic mass is 32.2. The summed E-state index contributed by atoms with van der Waals surface area (Å²) < 4.78 is 9.36. The lowest BCUT2D eigenvalue weighted by Crippen LogP contribution is -1.98. The highest BCUT2D eigenvalue weighted by molar-refractivity contribution is 7.94. The van der Waals surface area contributed by atoms with Crippen molar-refractivity contribution in [3.8, 4) is 0 Å². The van der Waals surface area contributed by atoms with E-state index in [-0.39, 0.29) is 5.25 Å². The van der Waals surface area contributed by atoms with Crippen LogP contribution in [-0.2, 0) is 6.42 Å². The lowest BCUT2D eigenvalue weighted by atomic mass is 10.0. The van der Waals surface area contributed by atoms with Gasteiger partial charge >= 0.3 is 0 Å². The molecule has 0 aliphatic heterocycles. The minimum atomic E-state index is 0.114. The van der Waals surface area contributed by atoms with Gasteiger partial charge in [-0.3, -0.25) is 0 Å². The van der Waals surface area contributed by atoms with Gasteiger partial charge in [0.15, 0.2) is 0 Å². The van der Waals surface area contributed by atoms with E-state index in [0.717, 1.165) is 18.5 Å². The second-order valence-electron chi connectivity index (χ2n) is 3.69. The normalized spacial score (nSPS) is 12.3. The third kappa shape index (κ3) is 2.87. The SMILES string of the molecule is OSC(Cc1ccccc1)c1ccccc1. The average molecular weight is 230 g/mol. The minimum Gasteiger partial charge on any atom is -0.329 e. The van der Waals surface area contributed by atoms with Crippen LogP contribution in [0.25, 0.3) is 0 Å². The van der Waals surface area contributed by atoms with E-state index in [9.17, 15) is 4.55 Å². The summed E-state index contributed by atoms with van der Waals surface area (Å²) in [5, 5.41) is 0.114. The molecule has 1 unspecified atom stereocenters. The second-order valence-corrected chi connectivity index (χ2v) is 4.47. The molecule has 0 radical (unpaired) electrons. The van der Waals surface area contributed by atoms with Crippen LogP contribution in [0.15, 0.2) is 60.7 Å². The van der Waals surface area contributed by atoms with Crippen molar-refractivity contribution in [2.75, 3.05) is 0 Å². The summed E-state index contributed by atoms with van der Waals surface area (Å²) in [5.74, 6) is 0. The maximum absolute atomic E-state index is 9.36. The zero-order valence-corrected chi connectivity index (χ0v) is 9.73. The molecule has 0 bridgehead atoms. The molecule has 0 heterocycles. The zero-order chi connectivity index (χ0) is 11.2. The van der Waals surface area contributed by atoms with Crippen molar-refractivity contribution >= 4 is 12.0 Å². The molecule has 2 rings (SSSR count). The van der Waals surface area contributed by atoms with Gasteiger partial charge in [0, 0.05) is 0 Å². The van der Waals surface area contributed by atoms with Gasteiger partial charge in [-0.25, -0.2) is 0 Å². The first-order valence-electron chi connectivity index (χ1n) is 5.29. The average Bonchev–Trinajstić information content (AvgIpc) is 2.38. The van der Waals surface area contributed by atoms with E-state index in [2.05, 4.69) is 24.3 Å². The van der Waals surface area contributed by atoms with Crippen LogP contribution >= 0.6 is 12.0 Å². The molecule has 1 nitrogen and oxygen atoms in total. The molecule has 2 heteroatoms. The Morgan fingerprint density at radius 3 is 2.00 bits per heavy atom. The molecular formula is C14H14OS. The summed E-state index contributed by atoms with van der Waals surface area (Å²) in [6.45, 7) is 0. The first-order valence-corrected chi connectivity index (χ1v) is 6.13. The summed E-state index contributed by atoms with van der Waals surface area (Å²) in [6, 6.07) is 20.3. The Bertz CT molecular complexity index is 413. The van der Waals surface area contributed by atoms with Crippen molar-refractivity contribution in [3.05, 3.63) is 71.8 Å². The van der Waals surface area contributed by atoms with Gasteiger partial charge in [0.1, 0.15) is 0 Å². The van der Waals surface area contributed by atoms with Gasteiger partial charge in [0.05, 0.1) is 5.25 Å². The van der Waals surface area contributed by atoms with Crippen molar-refractivity contribution in [1.82, 2.24) is 0 Å². The van der Waals surface area contributed by atoms with E-state index in [4.69, 9.17) is 0 Å². The molecule has 0 aromatic heterocycles. The largest absolute Gasteiger partial charge is 0.329 e. The number of rotatable bonds is 4. The Balaban J connectivity index is 2.13. The molecule has 0 fully saturated rings. The smallest absolute Gasteiger partial charge is 0.0598 e. The fraction of sp³-hybridized carbons (Fsp3) is 0.143. The number of hydrogen-bond acceptors (Lipinski definition) is 2. The Kier molecular flexibility index (Phi) is 4.03. The first-order chi connectivity index (χ1) is 7.90. The fourth-order valence-corrected chi connectivity index (χ4v) is 2.26. The summed E-state index contributed by atoms with van der Waals surface area (Å²) in [6.07, 6.45) is 0.853. The van der Waals surface area contributed by atoms with E-state index in [1.807, 2.05) is 36.4 Å². The standard InChI is InChI=1S/C14H14OS/c15-16-14(13-9-5-2-6-10-13)11-12-7-3-1-4-8-12/h1-10,14-15H,11H2. The molecule has 0 aliphatic rings. The highest BCUT2D eigenvalue weighted by Gasteiger charge is 2.11. The number of benzene rings is 2. The molecule has 2 aromatic carbocycles. The summed E-state index contributed by atoms with van der Waals surface area (Å²) in [5.41, 5.74) is 2.41. The summed E-state index contributed by atoms with van der Waals surface area (Å²) in [4.78, 5) is 0. The molecule has 1 atom stereocenters. The van der Waals surface area contributed by atoms with Gasteiger partial charge in [-0.2, -0.15) is 0 Å². The molecule has 0 saturated heterocycles. The molecule has 0 aliphatic carbocycles. The molecule has 16 heavy (non-hydrogen) atoms. The van der Waals surface area contributed by atoms with Gasteiger partial charge in [-0.05, 0) is 29.6 Å². The molecule has 0 saturated carbocycles. The molecular weight excluding hydrogens is 216 g/mol. The van der Waals surface area contributed by atoms with Crippen LogP contribution in [0.1, 0.15) is 16.4 Å². The lowest BCUT2D eigenvalue weighted by molar-refractivity contribution is 0.648. The molecule has 2 aromatic rings. The Hall–Kier alpha value is -1.25. The van der Waals surface area contributed by atoms with Crippen LogP contribution < -0.4 is 0 Å².